The van der Waals surface area contributed by atoms with Crippen LogP contribution in [0.25, 0.3) is 0 Å². The average Bonchev–Trinajstić information content (AvgIpc) is 2.29. The highest BCUT2D eigenvalue weighted by atomic mass is 15.1. The van der Waals surface area contributed by atoms with Crippen molar-refractivity contribution in [3.05, 3.63) is 35.9 Å². The predicted molar refractivity (Wildman–Crippen MR) is 79.8 cm³/mol. The van der Waals surface area contributed by atoms with Crippen molar-refractivity contribution in [2.24, 2.45) is 5.41 Å². The maximum Gasteiger partial charge on any atom is 0.0317 e. The average molecular weight is 248 g/mol. The largest absolute Gasteiger partial charge is 0.309 e. The molecule has 0 saturated heterocycles. The van der Waals surface area contributed by atoms with Gasteiger partial charge in [-0.25, -0.2) is 0 Å². The van der Waals surface area contributed by atoms with E-state index >= 15 is 0 Å². The number of rotatable bonds is 7. The Labute approximate surface area is 112 Å². The second-order valence-electron chi connectivity index (χ2n) is 6.15. The van der Waals surface area contributed by atoms with Gasteiger partial charge >= 0.3 is 0 Å². The molecule has 18 heavy (non-hydrogen) atoms. The van der Waals surface area contributed by atoms with Crippen LogP contribution in [0.15, 0.2) is 30.3 Å². The topological polar surface area (TPSA) is 15.3 Å². The number of hydrogen-bond donors (Lipinski definition) is 1. The van der Waals surface area contributed by atoms with Crippen molar-refractivity contribution >= 4 is 0 Å². The van der Waals surface area contributed by atoms with Gasteiger partial charge in [0.15, 0.2) is 0 Å². The SMILES string of the molecule is CCC(NCC(C)(C)CN(C)C)c1ccccc1. The van der Waals surface area contributed by atoms with Crippen LogP contribution in [0.3, 0.4) is 0 Å². The van der Waals surface area contributed by atoms with E-state index in [1.165, 1.54) is 5.56 Å². The molecule has 0 fully saturated rings. The summed E-state index contributed by atoms with van der Waals surface area (Å²) < 4.78 is 0. The molecule has 0 radical (unpaired) electrons. The van der Waals surface area contributed by atoms with Crippen molar-refractivity contribution in [1.82, 2.24) is 10.2 Å². The van der Waals surface area contributed by atoms with E-state index in [1.54, 1.807) is 0 Å². The Morgan fingerprint density at radius 3 is 2.28 bits per heavy atom. The predicted octanol–water partition coefficient (Wildman–Crippen LogP) is 3.32. The summed E-state index contributed by atoms with van der Waals surface area (Å²) in [5.74, 6) is 0. The van der Waals surface area contributed by atoms with Gasteiger partial charge in [0.25, 0.3) is 0 Å². The first-order valence-electron chi connectivity index (χ1n) is 6.87. The molecule has 0 aliphatic carbocycles. The molecule has 0 aliphatic heterocycles. The zero-order valence-corrected chi connectivity index (χ0v) is 12.5. The zero-order valence-electron chi connectivity index (χ0n) is 12.5. The lowest BCUT2D eigenvalue weighted by Gasteiger charge is -2.31. The van der Waals surface area contributed by atoms with Crippen LogP contribution >= 0.6 is 0 Å². The molecule has 1 rings (SSSR count). The van der Waals surface area contributed by atoms with Crippen molar-refractivity contribution in [2.75, 3.05) is 27.2 Å². The highest BCUT2D eigenvalue weighted by Crippen LogP contribution is 2.20. The van der Waals surface area contributed by atoms with Gasteiger partial charge in [-0.2, -0.15) is 0 Å². The van der Waals surface area contributed by atoms with Crippen LogP contribution in [-0.2, 0) is 0 Å². The van der Waals surface area contributed by atoms with Crippen LogP contribution in [0.2, 0.25) is 0 Å². The summed E-state index contributed by atoms with van der Waals surface area (Å²) in [5.41, 5.74) is 1.69. The second kappa shape index (κ2) is 6.91. The minimum atomic E-state index is 0.297. The van der Waals surface area contributed by atoms with Gasteiger partial charge in [-0.15, -0.1) is 0 Å². The van der Waals surface area contributed by atoms with Gasteiger partial charge in [-0.3, -0.25) is 0 Å². The Kier molecular flexibility index (Phi) is 5.83. The summed E-state index contributed by atoms with van der Waals surface area (Å²) in [7, 11) is 4.27. The maximum atomic E-state index is 3.70. The lowest BCUT2D eigenvalue weighted by molar-refractivity contribution is 0.224. The fourth-order valence-electron chi connectivity index (χ4n) is 2.49. The molecular formula is C16H28N2. The van der Waals surface area contributed by atoms with E-state index in [4.69, 9.17) is 0 Å². The van der Waals surface area contributed by atoms with Crippen LogP contribution < -0.4 is 5.32 Å². The summed E-state index contributed by atoms with van der Waals surface area (Å²) in [6.07, 6.45) is 1.13. The van der Waals surface area contributed by atoms with E-state index in [0.29, 0.717) is 11.5 Å². The van der Waals surface area contributed by atoms with Crippen molar-refractivity contribution in [2.45, 2.75) is 33.2 Å². The quantitative estimate of drug-likeness (QED) is 0.796. The van der Waals surface area contributed by atoms with Crippen molar-refractivity contribution in [3.8, 4) is 0 Å². The Balaban J connectivity index is 2.55. The summed E-state index contributed by atoms with van der Waals surface area (Å²) in [6, 6.07) is 11.2. The molecule has 0 bridgehead atoms. The summed E-state index contributed by atoms with van der Waals surface area (Å²) in [5, 5.41) is 3.70. The Morgan fingerprint density at radius 2 is 1.78 bits per heavy atom. The molecule has 0 aromatic heterocycles. The van der Waals surface area contributed by atoms with Crippen molar-refractivity contribution in [3.63, 3.8) is 0 Å². The van der Waals surface area contributed by atoms with Crippen LogP contribution in [0.4, 0.5) is 0 Å². The van der Waals surface area contributed by atoms with Gasteiger partial charge < -0.3 is 10.2 Å². The molecule has 0 heterocycles. The van der Waals surface area contributed by atoms with Crippen molar-refractivity contribution in [1.29, 1.82) is 0 Å². The lowest BCUT2D eigenvalue weighted by Crippen LogP contribution is -2.38. The van der Waals surface area contributed by atoms with Gasteiger partial charge in [-0.05, 0) is 31.5 Å². The highest BCUT2D eigenvalue weighted by molar-refractivity contribution is 5.18. The molecule has 102 valence electrons. The Morgan fingerprint density at radius 1 is 1.17 bits per heavy atom. The zero-order chi connectivity index (χ0) is 13.6. The van der Waals surface area contributed by atoms with E-state index < -0.39 is 0 Å². The molecule has 0 saturated carbocycles. The molecule has 0 spiro atoms. The minimum absolute atomic E-state index is 0.297. The van der Waals surface area contributed by atoms with E-state index in [9.17, 15) is 0 Å². The molecule has 2 nitrogen and oxygen atoms in total. The normalized spacial score (nSPS) is 13.9. The molecule has 1 aromatic rings. The maximum absolute atomic E-state index is 3.70. The van der Waals surface area contributed by atoms with Gasteiger partial charge in [0.2, 0.25) is 0 Å². The first-order valence-corrected chi connectivity index (χ1v) is 6.87. The number of hydrogen-bond acceptors (Lipinski definition) is 2. The molecule has 1 aromatic carbocycles. The Bertz CT molecular complexity index is 330. The standard InChI is InChI=1S/C16H28N2/c1-6-15(14-10-8-7-9-11-14)17-12-16(2,3)13-18(4)5/h7-11,15,17H,6,12-13H2,1-5H3. The van der Waals surface area contributed by atoms with Crippen LogP contribution in [-0.4, -0.2) is 32.1 Å². The molecule has 0 amide bonds. The van der Waals surface area contributed by atoms with Crippen LogP contribution in [0.5, 0.6) is 0 Å². The second-order valence-corrected chi connectivity index (χ2v) is 6.15. The molecule has 2 heteroatoms. The Hall–Kier alpha value is -0.860. The molecular weight excluding hydrogens is 220 g/mol. The van der Waals surface area contributed by atoms with Gasteiger partial charge in [0, 0.05) is 19.1 Å². The van der Waals surface area contributed by atoms with Gasteiger partial charge in [-0.1, -0.05) is 51.1 Å². The van der Waals surface area contributed by atoms with E-state index in [1.807, 2.05) is 0 Å². The summed E-state index contributed by atoms with van der Waals surface area (Å²) in [4.78, 5) is 2.26. The highest BCUT2D eigenvalue weighted by Gasteiger charge is 2.20. The summed E-state index contributed by atoms with van der Waals surface area (Å²) in [6.45, 7) is 9.02. The molecule has 1 N–H and O–H groups in total. The van der Waals surface area contributed by atoms with Crippen LogP contribution in [0.1, 0.15) is 38.8 Å². The van der Waals surface area contributed by atoms with E-state index in [0.717, 1.165) is 19.5 Å². The van der Waals surface area contributed by atoms with Gasteiger partial charge in [0.05, 0.1) is 0 Å². The lowest BCUT2D eigenvalue weighted by atomic mass is 9.92. The monoisotopic (exact) mass is 248 g/mol. The fraction of sp³-hybridized carbons (Fsp3) is 0.625. The summed E-state index contributed by atoms with van der Waals surface area (Å²) >= 11 is 0. The molecule has 1 unspecified atom stereocenters. The molecule has 1 atom stereocenters. The third-order valence-corrected chi connectivity index (χ3v) is 3.18. The number of nitrogens with zero attached hydrogens (tertiary/aromatic N) is 1. The fourth-order valence-corrected chi connectivity index (χ4v) is 2.49. The first kappa shape index (κ1) is 15.2. The minimum Gasteiger partial charge on any atom is -0.309 e. The van der Waals surface area contributed by atoms with E-state index in [-0.39, 0.29) is 0 Å². The van der Waals surface area contributed by atoms with Crippen molar-refractivity contribution < 1.29 is 0 Å². The van der Waals surface area contributed by atoms with Crippen LogP contribution in [0, 0.1) is 5.41 Å². The number of benzene rings is 1. The number of nitrogens with one attached hydrogen (secondary N) is 1. The third-order valence-electron chi connectivity index (χ3n) is 3.18. The van der Waals surface area contributed by atoms with E-state index in [2.05, 4.69) is 75.4 Å². The third kappa shape index (κ3) is 5.19. The smallest absolute Gasteiger partial charge is 0.0317 e. The van der Waals surface area contributed by atoms with Gasteiger partial charge in [0.1, 0.15) is 0 Å². The first-order chi connectivity index (χ1) is 8.44. The molecule has 0 aliphatic rings.